The number of hydrogen-bond donors (Lipinski definition) is 2. The maximum Gasteiger partial charge on any atom is 0.216 e. The Balaban J connectivity index is 1.53. The van der Waals surface area contributed by atoms with Crippen LogP contribution < -0.4 is 10.1 Å². The van der Waals surface area contributed by atoms with Gasteiger partial charge in [0.15, 0.2) is 0 Å². The van der Waals surface area contributed by atoms with E-state index in [2.05, 4.69) is 30.8 Å². The molecule has 1 aliphatic rings. The molecular formula is C16H19N7O2. The molecule has 1 saturated heterocycles. The van der Waals surface area contributed by atoms with E-state index in [0.29, 0.717) is 6.61 Å². The first kappa shape index (κ1) is 16.9. The van der Waals surface area contributed by atoms with Crippen LogP contribution in [0, 0.1) is 11.3 Å². The van der Waals surface area contributed by atoms with E-state index in [9.17, 15) is 0 Å². The lowest BCUT2D eigenvalue weighted by atomic mass is 10.2. The molecule has 3 rings (SSSR count). The highest BCUT2D eigenvalue weighted by Crippen LogP contribution is 2.18. The SMILES string of the molecule is N#CC(=CNc1cccc(OCCN2CCOCC2)c1)c1nn[nH]n1. The van der Waals surface area contributed by atoms with Crippen LogP contribution in [0.15, 0.2) is 30.5 Å². The average molecular weight is 341 g/mol. The van der Waals surface area contributed by atoms with Gasteiger partial charge < -0.3 is 14.8 Å². The molecular weight excluding hydrogens is 322 g/mol. The number of allylic oxidation sites excluding steroid dienone is 1. The number of hydrogen-bond acceptors (Lipinski definition) is 8. The topological polar surface area (TPSA) is 112 Å². The van der Waals surface area contributed by atoms with Gasteiger partial charge in [-0.1, -0.05) is 6.07 Å². The first-order valence-electron chi connectivity index (χ1n) is 7.99. The second kappa shape index (κ2) is 8.77. The summed E-state index contributed by atoms with van der Waals surface area (Å²) in [5.41, 5.74) is 1.09. The molecule has 0 aliphatic carbocycles. The zero-order valence-electron chi connectivity index (χ0n) is 13.7. The van der Waals surface area contributed by atoms with E-state index >= 15 is 0 Å². The fourth-order valence-corrected chi connectivity index (χ4v) is 2.37. The highest BCUT2D eigenvalue weighted by atomic mass is 16.5. The summed E-state index contributed by atoms with van der Waals surface area (Å²) >= 11 is 0. The summed E-state index contributed by atoms with van der Waals surface area (Å²) in [6.45, 7) is 4.95. The minimum Gasteiger partial charge on any atom is -0.492 e. The lowest BCUT2D eigenvalue weighted by molar-refractivity contribution is 0.0322. The van der Waals surface area contributed by atoms with Crippen molar-refractivity contribution in [1.82, 2.24) is 25.5 Å². The number of aromatic amines is 1. The molecule has 1 aromatic heterocycles. The number of H-pyrrole nitrogens is 1. The molecule has 9 heteroatoms. The number of benzene rings is 1. The molecule has 0 atom stereocenters. The third kappa shape index (κ3) is 5.00. The fourth-order valence-electron chi connectivity index (χ4n) is 2.37. The van der Waals surface area contributed by atoms with Crippen molar-refractivity contribution in [1.29, 1.82) is 5.26 Å². The molecule has 0 unspecified atom stereocenters. The van der Waals surface area contributed by atoms with Crippen LogP contribution in [0.3, 0.4) is 0 Å². The maximum absolute atomic E-state index is 9.15. The molecule has 0 bridgehead atoms. The zero-order chi connectivity index (χ0) is 17.3. The Kier molecular flexibility index (Phi) is 5.92. The van der Waals surface area contributed by atoms with Crippen molar-refractivity contribution in [3.05, 3.63) is 36.3 Å². The van der Waals surface area contributed by atoms with Crippen molar-refractivity contribution in [3.63, 3.8) is 0 Å². The number of ether oxygens (including phenoxy) is 2. The van der Waals surface area contributed by atoms with Crippen molar-refractivity contribution in [2.45, 2.75) is 0 Å². The summed E-state index contributed by atoms with van der Waals surface area (Å²) in [6.07, 6.45) is 1.54. The van der Waals surface area contributed by atoms with Gasteiger partial charge in [-0.3, -0.25) is 4.90 Å². The number of anilines is 1. The van der Waals surface area contributed by atoms with Gasteiger partial charge in [0.1, 0.15) is 24.0 Å². The van der Waals surface area contributed by atoms with Gasteiger partial charge in [-0.2, -0.15) is 10.5 Å². The van der Waals surface area contributed by atoms with Crippen LogP contribution in [0.2, 0.25) is 0 Å². The molecule has 0 spiro atoms. The summed E-state index contributed by atoms with van der Waals surface area (Å²) in [6, 6.07) is 9.58. The Labute approximate surface area is 145 Å². The summed E-state index contributed by atoms with van der Waals surface area (Å²) < 4.78 is 11.1. The molecule has 130 valence electrons. The molecule has 0 amide bonds. The standard InChI is InChI=1S/C16H19N7O2/c17-11-13(16-19-21-22-20-16)12-18-14-2-1-3-15(10-14)25-9-6-23-4-7-24-8-5-23/h1-3,10,12,18H,4-9H2,(H,19,20,21,22). The van der Waals surface area contributed by atoms with Crippen LogP contribution in [0.1, 0.15) is 5.82 Å². The molecule has 0 saturated carbocycles. The van der Waals surface area contributed by atoms with E-state index in [-0.39, 0.29) is 11.4 Å². The lowest BCUT2D eigenvalue weighted by Crippen LogP contribution is -2.38. The minimum atomic E-state index is 0.243. The van der Waals surface area contributed by atoms with Crippen molar-refractivity contribution < 1.29 is 9.47 Å². The number of tetrazole rings is 1. The van der Waals surface area contributed by atoms with Gasteiger partial charge in [-0.05, 0) is 17.3 Å². The van der Waals surface area contributed by atoms with Crippen LogP contribution in [-0.2, 0) is 4.74 Å². The van der Waals surface area contributed by atoms with E-state index in [1.54, 1.807) is 0 Å². The van der Waals surface area contributed by atoms with Crippen LogP contribution in [0.4, 0.5) is 5.69 Å². The van der Waals surface area contributed by atoms with E-state index in [4.69, 9.17) is 14.7 Å². The van der Waals surface area contributed by atoms with Crippen molar-refractivity contribution in [3.8, 4) is 11.8 Å². The number of nitriles is 1. The van der Waals surface area contributed by atoms with Gasteiger partial charge in [0.2, 0.25) is 5.82 Å². The molecule has 2 aromatic rings. The Morgan fingerprint density at radius 2 is 2.32 bits per heavy atom. The van der Waals surface area contributed by atoms with Crippen molar-refractivity contribution >= 4 is 11.3 Å². The summed E-state index contributed by atoms with van der Waals surface area (Å²) in [4.78, 5) is 2.32. The highest BCUT2D eigenvalue weighted by molar-refractivity contribution is 5.74. The van der Waals surface area contributed by atoms with Crippen molar-refractivity contribution in [2.24, 2.45) is 0 Å². The first-order chi connectivity index (χ1) is 12.3. The first-order valence-corrected chi connectivity index (χ1v) is 7.99. The molecule has 1 aliphatic heterocycles. The van der Waals surface area contributed by atoms with Crippen LogP contribution >= 0.6 is 0 Å². The number of rotatable bonds is 7. The van der Waals surface area contributed by atoms with Crippen LogP contribution in [-0.4, -0.2) is 65.0 Å². The minimum absolute atomic E-state index is 0.243. The third-order valence-corrected chi connectivity index (χ3v) is 3.70. The van der Waals surface area contributed by atoms with Gasteiger partial charge in [0.05, 0.1) is 13.2 Å². The Hall–Kier alpha value is -2.96. The second-order valence-electron chi connectivity index (χ2n) is 5.38. The van der Waals surface area contributed by atoms with Gasteiger partial charge in [0, 0.05) is 37.6 Å². The molecule has 2 N–H and O–H groups in total. The quantitative estimate of drug-likeness (QED) is 0.714. The highest BCUT2D eigenvalue weighted by Gasteiger charge is 2.10. The van der Waals surface area contributed by atoms with Crippen LogP contribution in [0.5, 0.6) is 5.75 Å². The second-order valence-corrected chi connectivity index (χ2v) is 5.38. The predicted octanol–water partition coefficient (Wildman–Crippen LogP) is 0.887. The monoisotopic (exact) mass is 341 g/mol. The van der Waals surface area contributed by atoms with E-state index < -0.39 is 0 Å². The summed E-state index contributed by atoms with van der Waals surface area (Å²) in [7, 11) is 0. The lowest BCUT2D eigenvalue weighted by Gasteiger charge is -2.26. The largest absolute Gasteiger partial charge is 0.492 e. The Bertz CT molecular complexity index is 733. The number of nitrogens with zero attached hydrogens (tertiary/aromatic N) is 5. The van der Waals surface area contributed by atoms with E-state index in [1.807, 2.05) is 30.3 Å². The molecule has 9 nitrogen and oxygen atoms in total. The van der Waals surface area contributed by atoms with E-state index in [1.165, 1.54) is 6.20 Å². The molecule has 0 radical (unpaired) electrons. The van der Waals surface area contributed by atoms with Gasteiger partial charge in [0.25, 0.3) is 0 Å². The number of aromatic nitrogens is 4. The summed E-state index contributed by atoms with van der Waals surface area (Å²) in [5, 5.41) is 25.5. The smallest absolute Gasteiger partial charge is 0.216 e. The fraction of sp³-hybridized carbons (Fsp3) is 0.375. The van der Waals surface area contributed by atoms with Gasteiger partial charge >= 0.3 is 0 Å². The maximum atomic E-state index is 9.15. The molecule has 2 heterocycles. The zero-order valence-corrected chi connectivity index (χ0v) is 13.7. The predicted molar refractivity (Wildman–Crippen MR) is 90.6 cm³/mol. The Morgan fingerprint density at radius 3 is 3.08 bits per heavy atom. The molecule has 1 aromatic carbocycles. The average Bonchev–Trinajstić information content (AvgIpc) is 3.18. The van der Waals surface area contributed by atoms with E-state index in [0.717, 1.165) is 44.3 Å². The summed E-state index contributed by atoms with van der Waals surface area (Å²) in [5.74, 6) is 1.01. The third-order valence-electron chi connectivity index (χ3n) is 3.70. The number of nitrogens with one attached hydrogen (secondary N) is 2. The van der Waals surface area contributed by atoms with Crippen molar-refractivity contribution in [2.75, 3.05) is 44.8 Å². The molecule has 1 fully saturated rings. The molecule has 25 heavy (non-hydrogen) atoms. The number of morpholine rings is 1. The Morgan fingerprint density at radius 1 is 1.44 bits per heavy atom. The van der Waals surface area contributed by atoms with Gasteiger partial charge in [-0.15, -0.1) is 10.2 Å². The normalized spacial score (nSPS) is 15.6. The van der Waals surface area contributed by atoms with Gasteiger partial charge in [-0.25, -0.2) is 0 Å². The van der Waals surface area contributed by atoms with Crippen LogP contribution in [0.25, 0.3) is 5.57 Å².